The highest BCUT2D eigenvalue weighted by atomic mass is 79.9. The van der Waals surface area contributed by atoms with Crippen molar-refractivity contribution in [3.05, 3.63) is 40.1 Å². The number of hydrogen-bond donors (Lipinski definition) is 0. The van der Waals surface area contributed by atoms with Gasteiger partial charge in [0.2, 0.25) is 5.91 Å². The van der Waals surface area contributed by atoms with Crippen LogP contribution < -0.4 is 0 Å². The predicted molar refractivity (Wildman–Crippen MR) is 88.2 cm³/mol. The van der Waals surface area contributed by atoms with E-state index >= 15 is 0 Å². The molecule has 0 saturated heterocycles. The van der Waals surface area contributed by atoms with Crippen LogP contribution in [0.3, 0.4) is 0 Å². The number of hydrogen-bond acceptors (Lipinski definition) is 4. The van der Waals surface area contributed by atoms with E-state index in [9.17, 15) is 14.0 Å². The molecule has 1 rings (SSSR count). The first kappa shape index (κ1) is 19.3. The second-order valence-corrected chi connectivity index (χ2v) is 5.56. The normalized spacial score (nSPS) is 10.8. The zero-order valence-corrected chi connectivity index (χ0v) is 14.6. The van der Waals surface area contributed by atoms with E-state index in [1.54, 1.807) is 12.1 Å². The van der Waals surface area contributed by atoms with Gasteiger partial charge < -0.3 is 14.4 Å². The molecule has 0 aliphatic carbocycles. The SMILES string of the molecule is COCCN(CCC(=O)OC)C(=O)C=Cc1cc(Br)ccc1F. The minimum atomic E-state index is -0.421. The summed E-state index contributed by atoms with van der Waals surface area (Å²) in [5.41, 5.74) is 0.299. The van der Waals surface area contributed by atoms with Gasteiger partial charge in [0, 0.05) is 36.3 Å². The van der Waals surface area contributed by atoms with E-state index in [0.717, 1.165) is 0 Å². The number of methoxy groups -OCH3 is 2. The Bertz CT molecular complexity index is 577. The van der Waals surface area contributed by atoms with Crippen LogP contribution in [-0.2, 0) is 19.1 Å². The number of rotatable bonds is 8. The molecule has 0 aromatic heterocycles. The van der Waals surface area contributed by atoms with E-state index in [0.29, 0.717) is 23.2 Å². The molecule has 5 nitrogen and oxygen atoms in total. The summed E-state index contributed by atoms with van der Waals surface area (Å²) < 4.78 is 23.9. The minimum absolute atomic E-state index is 0.0883. The number of amides is 1. The van der Waals surface area contributed by atoms with Crippen molar-refractivity contribution in [2.24, 2.45) is 0 Å². The Labute approximate surface area is 143 Å². The van der Waals surface area contributed by atoms with E-state index in [1.165, 1.54) is 37.3 Å². The van der Waals surface area contributed by atoms with Gasteiger partial charge in [0.15, 0.2) is 0 Å². The second-order valence-electron chi connectivity index (χ2n) is 4.64. The third-order valence-electron chi connectivity index (χ3n) is 3.05. The molecule has 0 aliphatic heterocycles. The number of ether oxygens (including phenoxy) is 2. The molecule has 7 heteroatoms. The van der Waals surface area contributed by atoms with Crippen LogP contribution in [0.25, 0.3) is 6.08 Å². The van der Waals surface area contributed by atoms with Crippen LogP contribution in [-0.4, -0.2) is 50.7 Å². The van der Waals surface area contributed by atoms with Gasteiger partial charge in [-0.1, -0.05) is 15.9 Å². The van der Waals surface area contributed by atoms with E-state index in [-0.39, 0.29) is 18.9 Å². The lowest BCUT2D eigenvalue weighted by Gasteiger charge is -2.20. The summed E-state index contributed by atoms with van der Waals surface area (Å²) in [6.07, 6.45) is 2.77. The summed E-state index contributed by atoms with van der Waals surface area (Å²) in [6.45, 7) is 0.879. The van der Waals surface area contributed by atoms with Crippen LogP contribution in [0.15, 0.2) is 28.7 Å². The molecule has 0 heterocycles. The van der Waals surface area contributed by atoms with Crippen molar-refractivity contribution in [1.82, 2.24) is 4.90 Å². The molecule has 1 aromatic carbocycles. The van der Waals surface area contributed by atoms with Crippen LogP contribution in [0.2, 0.25) is 0 Å². The largest absolute Gasteiger partial charge is 0.469 e. The summed E-state index contributed by atoms with van der Waals surface area (Å²) >= 11 is 3.25. The number of halogens is 2. The number of esters is 1. The summed E-state index contributed by atoms with van der Waals surface area (Å²) in [5, 5.41) is 0. The average molecular weight is 388 g/mol. The number of carbonyl (C=O) groups excluding carboxylic acids is 2. The minimum Gasteiger partial charge on any atom is -0.469 e. The molecule has 0 unspecified atom stereocenters. The molecule has 126 valence electrons. The molecule has 0 N–H and O–H groups in total. The predicted octanol–water partition coefficient (Wildman–Crippen LogP) is 2.64. The molecule has 0 spiro atoms. The Morgan fingerprint density at radius 2 is 2.04 bits per heavy atom. The number of benzene rings is 1. The molecule has 0 bridgehead atoms. The van der Waals surface area contributed by atoms with Crippen LogP contribution in [0.1, 0.15) is 12.0 Å². The smallest absolute Gasteiger partial charge is 0.307 e. The van der Waals surface area contributed by atoms with Crippen LogP contribution in [0, 0.1) is 5.82 Å². The summed E-state index contributed by atoms with van der Waals surface area (Å²) in [7, 11) is 2.81. The average Bonchev–Trinajstić information content (AvgIpc) is 2.55. The molecule has 0 radical (unpaired) electrons. The Hall–Kier alpha value is -1.73. The van der Waals surface area contributed by atoms with Crippen molar-refractivity contribution < 1.29 is 23.5 Å². The zero-order valence-electron chi connectivity index (χ0n) is 13.1. The fourth-order valence-electron chi connectivity index (χ4n) is 1.77. The topological polar surface area (TPSA) is 55.8 Å². The van der Waals surface area contributed by atoms with Crippen molar-refractivity contribution in [3.8, 4) is 0 Å². The first-order valence-electron chi connectivity index (χ1n) is 6.95. The van der Waals surface area contributed by atoms with Gasteiger partial charge in [0.05, 0.1) is 20.1 Å². The van der Waals surface area contributed by atoms with Gasteiger partial charge in [-0.25, -0.2) is 4.39 Å². The first-order chi connectivity index (χ1) is 11.0. The number of nitrogens with zero attached hydrogens (tertiary/aromatic N) is 1. The maximum atomic E-state index is 13.6. The van der Waals surface area contributed by atoms with Gasteiger partial charge in [-0.05, 0) is 24.3 Å². The Morgan fingerprint density at radius 1 is 1.30 bits per heavy atom. The molecule has 23 heavy (non-hydrogen) atoms. The Kier molecular flexibility index (Phi) is 8.50. The van der Waals surface area contributed by atoms with E-state index in [4.69, 9.17) is 4.74 Å². The quantitative estimate of drug-likeness (QED) is 0.508. The van der Waals surface area contributed by atoms with Gasteiger partial charge in [-0.15, -0.1) is 0 Å². The Morgan fingerprint density at radius 3 is 2.70 bits per heavy atom. The van der Waals surface area contributed by atoms with Gasteiger partial charge in [-0.2, -0.15) is 0 Å². The molecular weight excluding hydrogens is 369 g/mol. The third kappa shape index (κ3) is 6.92. The molecule has 1 amide bonds. The fraction of sp³-hybridized carbons (Fsp3) is 0.375. The monoisotopic (exact) mass is 387 g/mol. The third-order valence-corrected chi connectivity index (χ3v) is 3.55. The summed E-state index contributed by atoms with van der Waals surface area (Å²) in [5.74, 6) is -1.15. The summed E-state index contributed by atoms with van der Waals surface area (Å²) in [4.78, 5) is 24.9. The fourth-order valence-corrected chi connectivity index (χ4v) is 2.15. The van der Waals surface area contributed by atoms with E-state index in [1.807, 2.05) is 0 Å². The van der Waals surface area contributed by atoms with Crippen molar-refractivity contribution in [1.29, 1.82) is 0 Å². The Balaban J connectivity index is 2.76. The highest BCUT2D eigenvalue weighted by Gasteiger charge is 2.13. The lowest BCUT2D eigenvalue weighted by Crippen LogP contribution is -2.34. The van der Waals surface area contributed by atoms with Crippen molar-refractivity contribution >= 4 is 33.9 Å². The maximum Gasteiger partial charge on any atom is 0.307 e. The molecule has 0 atom stereocenters. The van der Waals surface area contributed by atoms with Gasteiger partial charge in [-0.3, -0.25) is 9.59 Å². The molecule has 0 saturated carbocycles. The zero-order chi connectivity index (χ0) is 17.2. The standard InChI is InChI=1S/C16H19BrFNO4/c1-22-10-9-19(8-7-16(21)23-2)15(20)6-3-12-11-13(17)4-5-14(12)18/h3-6,11H,7-10H2,1-2H3. The lowest BCUT2D eigenvalue weighted by molar-refractivity contribution is -0.141. The molecule has 0 aliphatic rings. The van der Waals surface area contributed by atoms with Crippen LogP contribution in [0.5, 0.6) is 0 Å². The first-order valence-corrected chi connectivity index (χ1v) is 7.75. The molecular formula is C16H19BrFNO4. The van der Waals surface area contributed by atoms with Crippen LogP contribution in [0.4, 0.5) is 4.39 Å². The van der Waals surface area contributed by atoms with Crippen molar-refractivity contribution in [2.75, 3.05) is 33.9 Å². The van der Waals surface area contributed by atoms with Gasteiger partial charge in [0.25, 0.3) is 0 Å². The summed E-state index contributed by atoms with van der Waals surface area (Å²) in [6, 6.07) is 4.47. The highest BCUT2D eigenvalue weighted by Crippen LogP contribution is 2.16. The lowest BCUT2D eigenvalue weighted by atomic mass is 10.2. The highest BCUT2D eigenvalue weighted by molar-refractivity contribution is 9.10. The second kappa shape index (κ2) is 10.1. The van der Waals surface area contributed by atoms with E-state index < -0.39 is 11.8 Å². The van der Waals surface area contributed by atoms with Gasteiger partial charge in [0.1, 0.15) is 5.82 Å². The molecule has 0 fully saturated rings. The number of carbonyl (C=O) groups is 2. The van der Waals surface area contributed by atoms with Crippen molar-refractivity contribution in [2.45, 2.75) is 6.42 Å². The molecule has 1 aromatic rings. The van der Waals surface area contributed by atoms with Crippen LogP contribution >= 0.6 is 15.9 Å². The van der Waals surface area contributed by atoms with Gasteiger partial charge >= 0.3 is 5.97 Å². The maximum absolute atomic E-state index is 13.6. The van der Waals surface area contributed by atoms with Crippen molar-refractivity contribution in [3.63, 3.8) is 0 Å². The van der Waals surface area contributed by atoms with E-state index in [2.05, 4.69) is 20.7 Å².